The predicted octanol–water partition coefficient (Wildman–Crippen LogP) is 4.78. The number of hydrogen-bond donors (Lipinski definition) is 1. The fourth-order valence-corrected chi connectivity index (χ4v) is 2.21. The zero-order chi connectivity index (χ0) is 12.8. The van der Waals surface area contributed by atoms with Gasteiger partial charge in [0, 0.05) is 0 Å². The van der Waals surface area contributed by atoms with E-state index in [1.165, 1.54) is 44.9 Å². The fourth-order valence-electron chi connectivity index (χ4n) is 2.02. The molecule has 0 aliphatic rings. The van der Waals surface area contributed by atoms with E-state index in [-0.39, 0.29) is 6.10 Å². The van der Waals surface area contributed by atoms with Gasteiger partial charge in [-0.1, -0.05) is 51.9 Å². The Hall–Kier alpha value is 0.270. The normalized spacial score (nSPS) is 12.9. The summed E-state index contributed by atoms with van der Waals surface area (Å²) in [4.78, 5) is 10.0. The highest BCUT2D eigenvalue weighted by Crippen LogP contribution is 2.14. The second-order valence-corrected chi connectivity index (χ2v) is 5.11. The Kier molecular flexibility index (Phi) is 14.6. The third-order valence-electron chi connectivity index (χ3n) is 3.05. The first kappa shape index (κ1) is 17.3. The standard InChI is InChI=1S/C14H30O2S/c1-3-4-5-6-7-8-9-11-14(16-15-2)12-10-13-17/h14,17H,3-13H2,1-2H3. The molecule has 0 bridgehead atoms. The quantitative estimate of drug-likeness (QED) is 0.223. The lowest BCUT2D eigenvalue weighted by atomic mass is 10.0. The Bertz CT molecular complexity index is 142. The molecule has 0 fully saturated rings. The van der Waals surface area contributed by atoms with Gasteiger partial charge >= 0.3 is 0 Å². The lowest BCUT2D eigenvalue weighted by Gasteiger charge is -2.14. The lowest BCUT2D eigenvalue weighted by Crippen LogP contribution is -2.12. The monoisotopic (exact) mass is 262 g/mol. The van der Waals surface area contributed by atoms with Crippen molar-refractivity contribution in [2.45, 2.75) is 77.2 Å². The average molecular weight is 262 g/mol. The Morgan fingerprint density at radius 1 is 0.882 bits per heavy atom. The molecule has 0 radical (unpaired) electrons. The van der Waals surface area contributed by atoms with Crippen LogP contribution in [0.15, 0.2) is 0 Å². The Morgan fingerprint density at radius 3 is 2.06 bits per heavy atom. The summed E-state index contributed by atoms with van der Waals surface area (Å²) in [5, 5.41) is 0. The van der Waals surface area contributed by atoms with E-state index in [4.69, 9.17) is 9.78 Å². The van der Waals surface area contributed by atoms with Crippen LogP contribution >= 0.6 is 12.6 Å². The van der Waals surface area contributed by atoms with Crippen molar-refractivity contribution in [1.29, 1.82) is 0 Å². The van der Waals surface area contributed by atoms with E-state index in [1.807, 2.05) is 0 Å². The van der Waals surface area contributed by atoms with Gasteiger partial charge in [-0.3, -0.25) is 0 Å². The van der Waals surface area contributed by atoms with Gasteiger partial charge in [-0.25, -0.2) is 9.78 Å². The predicted molar refractivity (Wildman–Crippen MR) is 77.6 cm³/mol. The summed E-state index contributed by atoms with van der Waals surface area (Å²) in [5.41, 5.74) is 0. The molecule has 0 N–H and O–H groups in total. The van der Waals surface area contributed by atoms with E-state index in [2.05, 4.69) is 19.6 Å². The van der Waals surface area contributed by atoms with Gasteiger partial charge in [0.05, 0.1) is 13.2 Å². The van der Waals surface area contributed by atoms with Crippen LogP contribution in [0.4, 0.5) is 0 Å². The van der Waals surface area contributed by atoms with E-state index in [1.54, 1.807) is 7.11 Å². The Morgan fingerprint density at radius 2 is 1.47 bits per heavy atom. The first-order valence-corrected chi connectivity index (χ1v) is 7.78. The molecule has 0 aromatic heterocycles. The van der Waals surface area contributed by atoms with Gasteiger partial charge in [0.1, 0.15) is 0 Å². The molecular weight excluding hydrogens is 232 g/mol. The smallest absolute Gasteiger partial charge is 0.0930 e. The van der Waals surface area contributed by atoms with Crippen LogP contribution in [0.5, 0.6) is 0 Å². The van der Waals surface area contributed by atoms with Gasteiger partial charge in [0.25, 0.3) is 0 Å². The average Bonchev–Trinajstić information content (AvgIpc) is 2.34. The summed E-state index contributed by atoms with van der Waals surface area (Å²) in [6.45, 7) is 2.26. The Labute approximate surface area is 113 Å². The molecule has 1 atom stereocenters. The molecule has 3 heteroatoms. The van der Waals surface area contributed by atoms with E-state index in [9.17, 15) is 0 Å². The van der Waals surface area contributed by atoms with Crippen molar-refractivity contribution in [3.05, 3.63) is 0 Å². The highest BCUT2D eigenvalue weighted by Gasteiger charge is 2.08. The maximum atomic E-state index is 5.26. The van der Waals surface area contributed by atoms with Crippen molar-refractivity contribution >= 4 is 12.6 Å². The topological polar surface area (TPSA) is 18.5 Å². The minimum atomic E-state index is 0.266. The maximum Gasteiger partial charge on any atom is 0.0930 e. The fraction of sp³-hybridized carbons (Fsp3) is 1.00. The molecule has 104 valence electrons. The van der Waals surface area contributed by atoms with Crippen LogP contribution in [0.2, 0.25) is 0 Å². The highest BCUT2D eigenvalue weighted by molar-refractivity contribution is 7.80. The minimum Gasteiger partial charge on any atom is -0.240 e. The molecule has 0 rings (SSSR count). The molecule has 0 amide bonds. The van der Waals surface area contributed by atoms with Crippen molar-refractivity contribution in [1.82, 2.24) is 0 Å². The molecule has 17 heavy (non-hydrogen) atoms. The van der Waals surface area contributed by atoms with Gasteiger partial charge < -0.3 is 0 Å². The summed E-state index contributed by atoms with van der Waals surface area (Å²) in [6, 6.07) is 0. The van der Waals surface area contributed by atoms with E-state index in [0.717, 1.165) is 25.0 Å². The summed E-state index contributed by atoms with van der Waals surface area (Å²) < 4.78 is 0. The molecular formula is C14H30O2S. The molecule has 0 saturated heterocycles. The molecule has 0 aliphatic carbocycles. The van der Waals surface area contributed by atoms with Crippen LogP contribution in [0.1, 0.15) is 71.1 Å². The molecule has 0 spiro atoms. The van der Waals surface area contributed by atoms with Gasteiger partial charge in [-0.2, -0.15) is 12.6 Å². The number of thiol groups is 1. The summed E-state index contributed by atoms with van der Waals surface area (Å²) in [6.07, 6.45) is 13.0. The van der Waals surface area contributed by atoms with E-state index >= 15 is 0 Å². The second kappa shape index (κ2) is 14.3. The summed E-state index contributed by atoms with van der Waals surface area (Å²) >= 11 is 4.22. The third-order valence-corrected chi connectivity index (χ3v) is 3.36. The SMILES string of the molecule is CCCCCCCCCC(CCCS)OOC. The number of unbranched alkanes of at least 4 members (excludes halogenated alkanes) is 6. The molecule has 0 heterocycles. The van der Waals surface area contributed by atoms with Crippen LogP contribution in [0.25, 0.3) is 0 Å². The first-order valence-electron chi connectivity index (χ1n) is 7.15. The summed E-state index contributed by atoms with van der Waals surface area (Å²) in [5.74, 6) is 0.931. The third kappa shape index (κ3) is 12.5. The largest absolute Gasteiger partial charge is 0.240 e. The Balaban J connectivity index is 3.34. The van der Waals surface area contributed by atoms with Crippen molar-refractivity contribution in [2.75, 3.05) is 12.9 Å². The minimum absolute atomic E-state index is 0.266. The molecule has 0 aliphatic heterocycles. The van der Waals surface area contributed by atoms with Crippen molar-refractivity contribution < 1.29 is 9.78 Å². The van der Waals surface area contributed by atoms with Crippen LogP contribution in [0, 0.1) is 0 Å². The van der Waals surface area contributed by atoms with E-state index in [0.29, 0.717) is 0 Å². The summed E-state index contributed by atoms with van der Waals surface area (Å²) in [7, 11) is 1.60. The molecule has 0 aromatic carbocycles. The van der Waals surface area contributed by atoms with Crippen molar-refractivity contribution in [3.63, 3.8) is 0 Å². The number of hydrogen-bond acceptors (Lipinski definition) is 3. The molecule has 2 nitrogen and oxygen atoms in total. The first-order chi connectivity index (χ1) is 8.35. The highest BCUT2D eigenvalue weighted by atomic mass is 32.1. The van der Waals surface area contributed by atoms with Gasteiger partial charge in [0.2, 0.25) is 0 Å². The van der Waals surface area contributed by atoms with Crippen LogP contribution in [-0.2, 0) is 9.78 Å². The van der Waals surface area contributed by atoms with E-state index < -0.39 is 0 Å². The van der Waals surface area contributed by atoms with Gasteiger partial charge in [-0.05, 0) is 25.0 Å². The van der Waals surface area contributed by atoms with Crippen LogP contribution in [-0.4, -0.2) is 19.0 Å². The van der Waals surface area contributed by atoms with Crippen LogP contribution in [0.3, 0.4) is 0 Å². The zero-order valence-electron chi connectivity index (χ0n) is 11.6. The van der Waals surface area contributed by atoms with Gasteiger partial charge in [-0.15, -0.1) is 0 Å². The zero-order valence-corrected chi connectivity index (χ0v) is 12.5. The molecule has 1 unspecified atom stereocenters. The maximum absolute atomic E-state index is 5.26. The van der Waals surface area contributed by atoms with Crippen LogP contribution < -0.4 is 0 Å². The van der Waals surface area contributed by atoms with Crippen molar-refractivity contribution in [3.8, 4) is 0 Å². The van der Waals surface area contributed by atoms with Gasteiger partial charge in [0.15, 0.2) is 0 Å². The lowest BCUT2D eigenvalue weighted by molar-refractivity contribution is -0.307. The van der Waals surface area contributed by atoms with Crippen molar-refractivity contribution in [2.24, 2.45) is 0 Å². The molecule has 0 saturated carbocycles. The second-order valence-electron chi connectivity index (χ2n) is 4.66. The number of rotatable bonds is 13. The molecule has 0 aromatic rings.